The van der Waals surface area contributed by atoms with Crippen LogP contribution in [0.1, 0.15) is 226 Å². The molecule has 1 atom stereocenters. The molecular formula is C40H76O4. The zero-order valence-electron chi connectivity index (χ0n) is 29.7. The van der Waals surface area contributed by atoms with Gasteiger partial charge in [0, 0.05) is 12.8 Å². The summed E-state index contributed by atoms with van der Waals surface area (Å²) >= 11 is 0. The summed E-state index contributed by atoms with van der Waals surface area (Å²) in [7, 11) is 0. The number of hydrogen-bond donors (Lipinski definition) is 1. The molecule has 0 aliphatic carbocycles. The Labute approximate surface area is 275 Å². The van der Waals surface area contributed by atoms with Gasteiger partial charge in [-0.25, -0.2) is 0 Å². The van der Waals surface area contributed by atoms with Gasteiger partial charge in [-0.05, 0) is 57.8 Å². The average Bonchev–Trinajstić information content (AvgIpc) is 3.00. The van der Waals surface area contributed by atoms with E-state index in [1.54, 1.807) is 0 Å². The zero-order chi connectivity index (χ0) is 32.2. The molecule has 260 valence electrons. The first-order valence-corrected chi connectivity index (χ1v) is 19.7. The normalized spacial score (nSPS) is 12.2. The zero-order valence-corrected chi connectivity index (χ0v) is 29.7. The molecule has 4 heteroatoms. The van der Waals surface area contributed by atoms with Crippen LogP contribution in [-0.4, -0.2) is 23.1 Å². The van der Waals surface area contributed by atoms with Crippen molar-refractivity contribution in [2.24, 2.45) is 0 Å². The fraction of sp³-hybridized carbons (Fsp3) is 0.900. The summed E-state index contributed by atoms with van der Waals surface area (Å²) in [6, 6.07) is 0. The predicted octanol–water partition coefficient (Wildman–Crippen LogP) is 13.5. The molecule has 1 unspecified atom stereocenters. The van der Waals surface area contributed by atoms with Crippen LogP contribution in [0.3, 0.4) is 0 Å². The third kappa shape index (κ3) is 35.2. The van der Waals surface area contributed by atoms with Gasteiger partial charge in [0.2, 0.25) is 0 Å². The predicted molar refractivity (Wildman–Crippen MR) is 190 cm³/mol. The Bertz CT molecular complexity index is 629. The SMILES string of the molecule is CCCCCCCC/C=C\CCCCCCCCCC(=O)OC(CCC)CCCCCCCCCCCCCCCC(=O)O. The number of aliphatic carboxylic acids is 1. The molecule has 0 aromatic heterocycles. The Morgan fingerprint density at radius 2 is 0.864 bits per heavy atom. The fourth-order valence-electron chi connectivity index (χ4n) is 6.12. The van der Waals surface area contributed by atoms with E-state index >= 15 is 0 Å². The van der Waals surface area contributed by atoms with Crippen LogP contribution >= 0.6 is 0 Å². The monoisotopic (exact) mass is 621 g/mol. The van der Waals surface area contributed by atoms with Crippen LogP contribution in [0, 0.1) is 0 Å². The molecule has 4 nitrogen and oxygen atoms in total. The van der Waals surface area contributed by atoms with Crippen molar-refractivity contribution in [2.45, 2.75) is 232 Å². The molecule has 0 radical (unpaired) electrons. The molecular weight excluding hydrogens is 544 g/mol. The van der Waals surface area contributed by atoms with Gasteiger partial charge in [-0.1, -0.05) is 167 Å². The molecule has 0 aliphatic heterocycles. The summed E-state index contributed by atoms with van der Waals surface area (Å²) in [6.45, 7) is 4.47. The topological polar surface area (TPSA) is 63.6 Å². The van der Waals surface area contributed by atoms with Crippen molar-refractivity contribution in [3.8, 4) is 0 Å². The van der Waals surface area contributed by atoms with E-state index in [4.69, 9.17) is 9.84 Å². The Balaban J connectivity index is 3.52. The van der Waals surface area contributed by atoms with Crippen LogP contribution in [0.4, 0.5) is 0 Å². The van der Waals surface area contributed by atoms with Crippen molar-refractivity contribution in [1.29, 1.82) is 0 Å². The third-order valence-corrected chi connectivity index (χ3v) is 8.97. The summed E-state index contributed by atoms with van der Waals surface area (Å²) in [5.41, 5.74) is 0. The number of esters is 1. The van der Waals surface area contributed by atoms with Crippen LogP contribution in [0.25, 0.3) is 0 Å². The van der Waals surface area contributed by atoms with Gasteiger partial charge in [0.15, 0.2) is 0 Å². The standard InChI is InChI=1S/C40H76O4/c1-3-5-6-7-8-9-10-11-12-13-14-18-21-24-27-30-33-37-40(43)44-38(34-4-2)35-31-28-25-22-19-16-15-17-20-23-26-29-32-36-39(41)42/h11-12,38H,3-10,13-37H2,1-2H3,(H,41,42)/b12-11-. The molecule has 0 saturated heterocycles. The molecule has 0 aromatic rings. The van der Waals surface area contributed by atoms with Gasteiger partial charge in [-0.2, -0.15) is 0 Å². The number of carboxylic acid groups (broad SMARTS) is 1. The molecule has 0 fully saturated rings. The second kappa shape index (κ2) is 36.2. The maximum Gasteiger partial charge on any atom is 0.306 e. The minimum atomic E-state index is -0.668. The summed E-state index contributed by atoms with van der Waals surface area (Å²) < 4.78 is 5.87. The molecule has 0 amide bonds. The van der Waals surface area contributed by atoms with Crippen LogP contribution < -0.4 is 0 Å². The minimum absolute atomic E-state index is 0.0245. The number of ether oxygens (including phenoxy) is 1. The van der Waals surface area contributed by atoms with E-state index in [2.05, 4.69) is 26.0 Å². The lowest BCUT2D eigenvalue weighted by atomic mass is 10.0. The number of carbonyl (C=O) groups excluding carboxylic acids is 1. The van der Waals surface area contributed by atoms with Gasteiger partial charge in [0.1, 0.15) is 6.10 Å². The second-order valence-electron chi connectivity index (χ2n) is 13.5. The summed E-state index contributed by atoms with van der Waals surface area (Å²) in [6.07, 6.45) is 44.4. The largest absolute Gasteiger partial charge is 0.481 e. The Hall–Kier alpha value is -1.32. The smallest absolute Gasteiger partial charge is 0.306 e. The van der Waals surface area contributed by atoms with E-state index in [0.717, 1.165) is 44.9 Å². The Morgan fingerprint density at radius 1 is 0.477 bits per heavy atom. The van der Waals surface area contributed by atoms with Gasteiger partial charge in [-0.15, -0.1) is 0 Å². The lowest BCUT2D eigenvalue weighted by molar-refractivity contribution is -0.150. The lowest BCUT2D eigenvalue weighted by Gasteiger charge is -2.17. The maximum atomic E-state index is 12.4. The summed E-state index contributed by atoms with van der Waals surface area (Å²) in [5.74, 6) is -0.643. The lowest BCUT2D eigenvalue weighted by Crippen LogP contribution is -2.18. The molecule has 0 saturated carbocycles. The van der Waals surface area contributed by atoms with Gasteiger partial charge < -0.3 is 9.84 Å². The number of rotatable bonds is 36. The first kappa shape index (κ1) is 42.7. The maximum absolute atomic E-state index is 12.4. The van der Waals surface area contributed by atoms with Crippen molar-refractivity contribution in [3.63, 3.8) is 0 Å². The highest BCUT2D eigenvalue weighted by molar-refractivity contribution is 5.69. The number of allylic oxidation sites excluding steroid dienone is 2. The third-order valence-electron chi connectivity index (χ3n) is 8.97. The van der Waals surface area contributed by atoms with Crippen LogP contribution in [0.2, 0.25) is 0 Å². The number of carboxylic acids is 1. The van der Waals surface area contributed by atoms with E-state index in [-0.39, 0.29) is 12.1 Å². The van der Waals surface area contributed by atoms with Crippen molar-refractivity contribution in [1.82, 2.24) is 0 Å². The van der Waals surface area contributed by atoms with Crippen molar-refractivity contribution in [3.05, 3.63) is 12.2 Å². The number of unbranched alkanes of at least 4 members (excludes halogenated alkanes) is 25. The minimum Gasteiger partial charge on any atom is -0.481 e. The highest BCUT2D eigenvalue weighted by atomic mass is 16.5. The molecule has 0 aliphatic rings. The second-order valence-corrected chi connectivity index (χ2v) is 13.5. The molecule has 44 heavy (non-hydrogen) atoms. The molecule has 0 heterocycles. The van der Waals surface area contributed by atoms with Gasteiger partial charge in [-0.3, -0.25) is 9.59 Å². The molecule has 0 aromatic carbocycles. The molecule has 0 bridgehead atoms. The first-order valence-electron chi connectivity index (χ1n) is 19.7. The van der Waals surface area contributed by atoms with Crippen molar-refractivity contribution < 1.29 is 19.4 Å². The van der Waals surface area contributed by atoms with E-state index in [9.17, 15) is 9.59 Å². The van der Waals surface area contributed by atoms with Gasteiger partial charge in [0.05, 0.1) is 0 Å². The van der Waals surface area contributed by atoms with Crippen molar-refractivity contribution in [2.75, 3.05) is 0 Å². The summed E-state index contributed by atoms with van der Waals surface area (Å²) in [4.78, 5) is 22.9. The van der Waals surface area contributed by atoms with E-state index in [0.29, 0.717) is 12.8 Å². The quantitative estimate of drug-likeness (QED) is 0.0430. The highest BCUT2D eigenvalue weighted by Crippen LogP contribution is 2.17. The van der Waals surface area contributed by atoms with Crippen molar-refractivity contribution >= 4 is 11.9 Å². The van der Waals surface area contributed by atoms with Crippen LogP contribution in [-0.2, 0) is 14.3 Å². The first-order chi connectivity index (χ1) is 21.6. The highest BCUT2D eigenvalue weighted by Gasteiger charge is 2.13. The van der Waals surface area contributed by atoms with E-state index in [1.807, 2.05) is 0 Å². The van der Waals surface area contributed by atoms with Gasteiger partial charge >= 0.3 is 11.9 Å². The van der Waals surface area contributed by atoms with Crippen LogP contribution in [0.15, 0.2) is 12.2 Å². The molecule has 1 N–H and O–H groups in total. The van der Waals surface area contributed by atoms with Crippen LogP contribution in [0.5, 0.6) is 0 Å². The Kier molecular flexibility index (Phi) is 35.1. The number of carbonyl (C=O) groups is 2. The van der Waals surface area contributed by atoms with Gasteiger partial charge in [0.25, 0.3) is 0 Å². The van der Waals surface area contributed by atoms with E-state index in [1.165, 1.54) is 154 Å². The Morgan fingerprint density at radius 3 is 1.30 bits per heavy atom. The fourth-order valence-corrected chi connectivity index (χ4v) is 6.12. The molecule has 0 rings (SSSR count). The summed E-state index contributed by atoms with van der Waals surface area (Å²) in [5, 5.41) is 8.66. The molecule has 0 spiro atoms. The average molecular weight is 621 g/mol. The number of hydrogen-bond acceptors (Lipinski definition) is 3. The van der Waals surface area contributed by atoms with E-state index < -0.39 is 5.97 Å².